The number of hydrogen-bond donors (Lipinski definition) is 1. The van der Waals surface area contributed by atoms with Gasteiger partial charge in [-0.05, 0) is 11.8 Å². The molecule has 1 unspecified atom stereocenters. The summed E-state index contributed by atoms with van der Waals surface area (Å²) in [5, 5.41) is 8.08. The Morgan fingerprint density at radius 3 is 1.79 bits per heavy atom. The summed E-state index contributed by atoms with van der Waals surface area (Å²) in [7, 11) is 0. The fourth-order valence-corrected chi connectivity index (χ4v) is 0.713. The summed E-state index contributed by atoms with van der Waals surface area (Å²) in [6.45, 7) is 11.4. The monoisotopic (exact) mass is 204 g/mol. The summed E-state index contributed by atoms with van der Waals surface area (Å²) < 4.78 is 9.96. The number of hydrogen-bond acceptors (Lipinski definition) is 3. The van der Waals surface area contributed by atoms with Crippen molar-refractivity contribution in [1.29, 1.82) is 0 Å². The molecule has 3 nitrogen and oxygen atoms in total. The molecular weight excluding hydrogens is 180 g/mol. The van der Waals surface area contributed by atoms with Gasteiger partial charge in [-0.25, -0.2) is 0 Å². The van der Waals surface area contributed by atoms with Crippen molar-refractivity contribution in [2.75, 3.05) is 26.4 Å². The van der Waals surface area contributed by atoms with Crippen molar-refractivity contribution in [3.05, 3.63) is 0 Å². The lowest BCUT2D eigenvalue weighted by molar-refractivity contribution is 0.0886. The Hall–Kier alpha value is -0.120. The lowest BCUT2D eigenvalue weighted by Gasteiger charge is -2.07. The lowest BCUT2D eigenvalue weighted by atomic mass is 10.2. The summed E-state index contributed by atoms with van der Waals surface area (Å²) in [6, 6.07) is 0. The molecule has 1 fully saturated rings. The zero-order valence-corrected chi connectivity index (χ0v) is 9.82. The maximum atomic E-state index is 8.08. The van der Waals surface area contributed by atoms with Crippen LogP contribution >= 0.6 is 0 Å². The van der Waals surface area contributed by atoms with Gasteiger partial charge in [-0.3, -0.25) is 0 Å². The second kappa shape index (κ2) is 8.21. The molecule has 3 heteroatoms. The number of aliphatic hydroxyl groups excluding tert-OH is 1. The van der Waals surface area contributed by atoms with Crippen molar-refractivity contribution < 1.29 is 14.6 Å². The van der Waals surface area contributed by atoms with E-state index in [1.165, 1.54) is 0 Å². The van der Waals surface area contributed by atoms with E-state index in [0.29, 0.717) is 11.8 Å². The van der Waals surface area contributed by atoms with Gasteiger partial charge in [-0.15, -0.1) is 0 Å². The molecule has 14 heavy (non-hydrogen) atoms. The van der Waals surface area contributed by atoms with E-state index in [4.69, 9.17) is 9.84 Å². The van der Waals surface area contributed by atoms with Gasteiger partial charge in [0.05, 0.1) is 13.2 Å². The minimum Gasteiger partial charge on any atom is -0.394 e. The van der Waals surface area contributed by atoms with Crippen molar-refractivity contribution in [3.63, 3.8) is 0 Å². The molecule has 0 amide bonds. The van der Waals surface area contributed by atoms with E-state index >= 15 is 0 Å². The molecule has 1 rings (SSSR count). The molecule has 0 radical (unpaired) electrons. The van der Waals surface area contributed by atoms with Crippen LogP contribution in [0.5, 0.6) is 0 Å². The Bertz CT molecular complexity index is 112. The molecule has 0 bridgehead atoms. The predicted octanol–water partition coefficient (Wildman–Crippen LogP) is 1.69. The van der Waals surface area contributed by atoms with E-state index in [0.717, 1.165) is 19.8 Å². The molecule has 0 aromatic rings. The fourth-order valence-electron chi connectivity index (χ4n) is 0.713. The first-order chi connectivity index (χ1) is 6.56. The van der Waals surface area contributed by atoms with Gasteiger partial charge in [0, 0.05) is 13.2 Å². The maximum absolute atomic E-state index is 8.08. The molecule has 1 aliphatic rings. The van der Waals surface area contributed by atoms with Crippen molar-refractivity contribution in [2.45, 2.75) is 33.8 Å². The van der Waals surface area contributed by atoms with Crippen molar-refractivity contribution in [3.8, 4) is 0 Å². The molecule has 1 saturated heterocycles. The number of rotatable bonds is 5. The van der Waals surface area contributed by atoms with Gasteiger partial charge >= 0.3 is 0 Å². The Balaban J connectivity index is 0.000000280. The molecule has 0 aromatic carbocycles. The highest BCUT2D eigenvalue weighted by Crippen LogP contribution is 2.04. The highest BCUT2D eigenvalue weighted by molar-refractivity contribution is 4.65. The topological polar surface area (TPSA) is 42.0 Å². The fraction of sp³-hybridized carbons (Fsp3) is 1.00. The van der Waals surface area contributed by atoms with Crippen LogP contribution in [0.2, 0.25) is 0 Å². The van der Waals surface area contributed by atoms with Crippen LogP contribution in [0, 0.1) is 11.8 Å². The van der Waals surface area contributed by atoms with Gasteiger partial charge in [0.25, 0.3) is 0 Å². The number of aliphatic hydroxyl groups is 1. The second-order valence-corrected chi connectivity index (χ2v) is 4.46. The molecule has 1 aliphatic heterocycles. The zero-order chi connectivity index (χ0) is 11.0. The third-order valence-corrected chi connectivity index (χ3v) is 1.51. The first-order valence-electron chi connectivity index (χ1n) is 5.36. The lowest BCUT2D eigenvalue weighted by Crippen LogP contribution is -2.06. The van der Waals surface area contributed by atoms with Gasteiger partial charge in [0.2, 0.25) is 0 Å². The van der Waals surface area contributed by atoms with E-state index < -0.39 is 0 Å². The van der Waals surface area contributed by atoms with Crippen LogP contribution in [0.25, 0.3) is 0 Å². The molecule has 86 valence electrons. The Morgan fingerprint density at radius 2 is 1.64 bits per heavy atom. The SMILES string of the molecule is CC(C)COCC(C)C.OCC1CO1. The minimum atomic E-state index is 0.190. The summed E-state index contributed by atoms with van der Waals surface area (Å²) in [6.07, 6.45) is 0.190. The molecule has 0 aromatic heterocycles. The van der Waals surface area contributed by atoms with E-state index in [-0.39, 0.29) is 12.7 Å². The third-order valence-electron chi connectivity index (χ3n) is 1.51. The van der Waals surface area contributed by atoms with E-state index in [1.807, 2.05) is 0 Å². The normalized spacial score (nSPS) is 19.5. The van der Waals surface area contributed by atoms with Gasteiger partial charge in [-0.2, -0.15) is 0 Å². The third kappa shape index (κ3) is 11.9. The molecule has 0 spiro atoms. The van der Waals surface area contributed by atoms with Crippen LogP contribution in [-0.2, 0) is 9.47 Å². The predicted molar refractivity (Wildman–Crippen MR) is 57.3 cm³/mol. The first kappa shape index (κ1) is 13.9. The summed E-state index contributed by atoms with van der Waals surface area (Å²) in [5.74, 6) is 1.34. The smallest absolute Gasteiger partial charge is 0.104 e. The first-order valence-corrected chi connectivity index (χ1v) is 5.36. The summed E-state index contributed by atoms with van der Waals surface area (Å²) >= 11 is 0. The molecule has 1 heterocycles. The van der Waals surface area contributed by atoms with Crippen LogP contribution in [0.4, 0.5) is 0 Å². The summed E-state index contributed by atoms with van der Waals surface area (Å²) in [5.41, 5.74) is 0. The van der Waals surface area contributed by atoms with E-state index in [1.54, 1.807) is 0 Å². The molecule has 1 N–H and O–H groups in total. The quantitative estimate of drug-likeness (QED) is 0.693. The van der Waals surface area contributed by atoms with E-state index in [9.17, 15) is 0 Å². The largest absolute Gasteiger partial charge is 0.394 e. The minimum absolute atomic E-state index is 0.190. The molecule has 0 saturated carbocycles. The highest BCUT2D eigenvalue weighted by Gasteiger charge is 2.19. The number of ether oxygens (including phenoxy) is 2. The second-order valence-electron chi connectivity index (χ2n) is 4.46. The van der Waals surface area contributed by atoms with Crippen LogP contribution in [-0.4, -0.2) is 37.6 Å². The Kier molecular flexibility index (Phi) is 8.14. The van der Waals surface area contributed by atoms with Gasteiger partial charge in [0.1, 0.15) is 6.10 Å². The Morgan fingerprint density at radius 1 is 1.21 bits per heavy atom. The molecular formula is C11H24O3. The summed E-state index contributed by atoms with van der Waals surface area (Å²) in [4.78, 5) is 0. The molecule has 1 atom stereocenters. The van der Waals surface area contributed by atoms with Crippen LogP contribution in [0.3, 0.4) is 0 Å². The van der Waals surface area contributed by atoms with Crippen molar-refractivity contribution in [2.24, 2.45) is 11.8 Å². The standard InChI is InChI=1S/C8H18O.C3H6O2/c1-7(2)5-9-6-8(3)4;4-1-3-2-5-3/h7-8H,5-6H2,1-4H3;3-4H,1-2H2. The highest BCUT2D eigenvalue weighted by atomic mass is 16.6. The van der Waals surface area contributed by atoms with Gasteiger partial charge in [0.15, 0.2) is 0 Å². The van der Waals surface area contributed by atoms with Crippen molar-refractivity contribution >= 4 is 0 Å². The Labute approximate surface area is 87.4 Å². The van der Waals surface area contributed by atoms with Crippen LogP contribution in [0.1, 0.15) is 27.7 Å². The van der Waals surface area contributed by atoms with Gasteiger partial charge < -0.3 is 14.6 Å². The maximum Gasteiger partial charge on any atom is 0.104 e. The zero-order valence-electron chi connectivity index (χ0n) is 9.82. The van der Waals surface area contributed by atoms with Gasteiger partial charge in [-0.1, -0.05) is 27.7 Å². The van der Waals surface area contributed by atoms with E-state index in [2.05, 4.69) is 32.4 Å². The number of epoxide rings is 1. The molecule has 0 aliphatic carbocycles. The van der Waals surface area contributed by atoms with Crippen LogP contribution < -0.4 is 0 Å². The van der Waals surface area contributed by atoms with Crippen LogP contribution in [0.15, 0.2) is 0 Å². The van der Waals surface area contributed by atoms with Crippen molar-refractivity contribution in [1.82, 2.24) is 0 Å². The average Bonchev–Trinajstić information content (AvgIpc) is 2.86. The average molecular weight is 204 g/mol.